The summed E-state index contributed by atoms with van der Waals surface area (Å²) in [6, 6.07) is 14.8. The van der Waals surface area contributed by atoms with E-state index in [2.05, 4.69) is 33.0 Å². The minimum absolute atomic E-state index is 0.00806. The number of amides is 2. The standard InChI is InChI=1S/C24H32N2O3/c1-5-14-26(15-6-2)24(28)20-8-7-9-21(16-20)25-23(27)17-29-22-12-10-19(11-13-22)18(3)4/h7-13,16,18H,5-6,14-15,17H2,1-4H3,(H,25,27). The van der Waals surface area contributed by atoms with Gasteiger partial charge in [-0.1, -0.05) is 45.9 Å². The molecule has 0 unspecified atom stereocenters. The van der Waals surface area contributed by atoms with E-state index in [1.165, 1.54) is 5.56 Å². The van der Waals surface area contributed by atoms with E-state index in [4.69, 9.17) is 4.74 Å². The van der Waals surface area contributed by atoms with Crippen molar-refractivity contribution >= 4 is 17.5 Å². The molecule has 156 valence electrons. The van der Waals surface area contributed by atoms with Crippen molar-refractivity contribution in [3.8, 4) is 5.75 Å². The van der Waals surface area contributed by atoms with Crippen molar-refractivity contribution in [1.29, 1.82) is 0 Å². The van der Waals surface area contributed by atoms with Gasteiger partial charge >= 0.3 is 0 Å². The predicted octanol–water partition coefficient (Wildman–Crippen LogP) is 5.09. The van der Waals surface area contributed by atoms with Crippen LogP contribution in [0.2, 0.25) is 0 Å². The number of nitrogens with one attached hydrogen (secondary N) is 1. The van der Waals surface area contributed by atoms with E-state index >= 15 is 0 Å². The summed E-state index contributed by atoms with van der Waals surface area (Å²) in [6.45, 7) is 9.75. The van der Waals surface area contributed by atoms with Gasteiger partial charge in [0.25, 0.3) is 11.8 Å². The molecular weight excluding hydrogens is 364 g/mol. The number of ether oxygens (including phenoxy) is 1. The number of rotatable bonds is 10. The van der Waals surface area contributed by atoms with E-state index in [-0.39, 0.29) is 18.4 Å². The van der Waals surface area contributed by atoms with E-state index in [0.717, 1.165) is 25.9 Å². The molecular formula is C24H32N2O3. The van der Waals surface area contributed by atoms with Crippen LogP contribution in [0.3, 0.4) is 0 Å². The van der Waals surface area contributed by atoms with Crippen LogP contribution in [0.4, 0.5) is 5.69 Å². The molecule has 29 heavy (non-hydrogen) atoms. The summed E-state index contributed by atoms with van der Waals surface area (Å²) in [7, 11) is 0. The Balaban J connectivity index is 1.94. The second kappa shape index (κ2) is 11.2. The maximum atomic E-state index is 12.7. The van der Waals surface area contributed by atoms with Crippen molar-refractivity contribution in [2.24, 2.45) is 0 Å². The lowest BCUT2D eigenvalue weighted by Crippen LogP contribution is -2.32. The van der Waals surface area contributed by atoms with E-state index in [1.54, 1.807) is 24.3 Å². The monoisotopic (exact) mass is 396 g/mol. The molecule has 1 N–H and O–H groups in total. The maximum absolute atomic E-state index is 12.7. The van der Waals surface area contributed by atoms with Gasteiger partial charge in [0.2, 0.25) is 0 Å². The van der Waals surface area contributed by atoms with Crippen LogP contribution in [0.15, 0.2) is 48.5 Å². The largest absolute Gasteiger partial charge is 0.484 e. The van der Waals surface area contributed by atoms with Crippen molar-refractivity contribution < 1.29 is 14.3 Å². The molecule has 2 aromatic rings. The van der Waals surface area contributed by atoms with Gasteiger partial charge in [0, 0.05) is 24.3 Å². The van der Waals surface area contributed by atoms with Crippen LogP contribution in [-0.4, -0.2) is 36.4 Å². The Morgan fingerprint density at radius 2 is 1.66 bits per heavy atom. The Kier molecular flexibility index (Phi) is 8.71. The third-order valence-corrected chi connectivity index (χ3v) is 4.58. The summed E-state index contributed by atoms with van der Waals surface area (Å²) in [5, 5.41) is 2.81. The smallest absolute Gasteiger partial charge is 0.262 e. The lowest BCUT2D eigenvalue weighted by Gasteiger charge is -2.21. The minimum Gasteiger partial charge on any atom is -0.484 e. The molecule has 0 spiro atoms. The van der Waals surface area contributed by atoms with Crippen LogP contribution in [0, 0.1) is 0 Å². The number of benzene rings is 2. The predicted molar refractivity (Wildman–Crippen MR) is 118 cm³/mol. The summed E-state index contributed by atoms with van der Waals surface area (Å²) in [4.78, 5) is 26.8. The molecule has 0 aliphatic carbocycles. The molecule has 2 aromatic carbocycles. The Bertz CT molecular complexity index is 794. The Morgan fingerprint density at radius 1 is 1.00 bits per heavy atom. The average Bonchev–Trinajstić information content (AvgIpc) is 2.72. The average molecular weight is 397 g/mol. The van der Waals surface area contributed by atoms with Gasteiger partial charge in [-0.25, -0.2) is 0 Å². The van der Waals surface area contributed by atoms with Gasteiger partial charge in [-0.2, -0.15) is 0 Å². The zero-order chi connectivity index (χ0) is 21.2. The van der Waals surface area contributed by atoms with Crippen LogP contribution in [0.25, 0.3) is 0 Å². The fraction of sp³-hybridized carbons (Fsp3) is 0.417. The number of hydrogen-bond acceptors (Lipinski definition) is 3. The minimum atomic E-state index is -0.262. The molecule has 0 atom stereocenters. The molecule has 0 saturated carbocycles. The second-order valence-electron chi connectivity index (χ2n) is 7.43. The van der Waals surface area contributed by atoms with Crippen molar-refractivity contribution in [2.45, 2.75) is 46.5 Å². The molecule has 2 amide bonds. The molecule has 0 heterocycles. The van der Waals surface area contributed by atoms with Crippen molar-refractivity contribution in [2.75, 3.05) is 25.0 Å². The van der Waals surface area contributed by atoms with Gasteiger partial charge in [-0.15, -0.1) is 0 Å². The van der Waals surface area contributed by atoms with E-state index in [1.807, 2.05) is 29.2 Å². The highest BCUT2D eigenvalue weighted by Crippen LogP contribution is 2.19. The first-order valence-corrected chi connectivity index (χ1v) is 10.4. The van der Waals surface area contributed by atoms with E-state index in [0.29, 0.717) is 22.9 Å². The van der Waals surface area contributed by atoms with Crippen LogP contribution in [-0.2, 0) is 4.79 Å². The van der Waals surface area contributed by atoms with Crippen molar-refractivity contribution in [1.82, 2.24) is 4.90 Å². The van der Waals surface area contributed by atoms with Gasteiger partial charge in [0.1, 0.15) is 5.75 Å². The van der Waals surface area contributed by atoms with Gasteiger partial charge in [0.05, 0.1) is 0 Å². The second-order valence-corrected chi connectivity index (χ2v) is 7.43. The molecule has 0 bridgehead atoms. The number of hydrogen-bond donors (Lipinski definition) is 1. The zero-order valence-electron chi connectivity index (χ0n) is 17.9. The van der Waals surface area contributed by atoms with Crippen LogP contribution in [0.1, 0.15) is 62.4 Å². The lowest BCUT2D eigenvalue weighted by molar-refractivity contribution is -0.118. The molecule has 0 aliphatic rings. The molecule has 0 aliphatic heterocycles. The third kappa shape index (κ3) is 6.93. The van der Waals surface area contributed by atoms with Crippen molar-refractivity contribution in [3.05, 3.63) is 59.7 Å². The van der Waals surface area contributed by atoms with E-state index in [9.17, 15) is 9.59 Å². The van der Waals surface area contributed by atoms with E-state index < -0.39 is 0 Å². The summed E-state index contributed by atoms with van der Waals surface area (Å²) in [5.74, 6) is 0.837. The Morgan fingerprint density at radius 3 is 2.24 bits per heavy atom. The molecule has 0 fully saturated rings. The van der Waals surface area contributed by atoms with Gasteiger partial charge in [-0.3, -0.25) is 9.59 Å². The summed E-state index contributed by atoms with van der Waals surface area (Å²) in [5.41, 5.74) is 2.39. The fourth-order valence-corrected chi connectivity index (χ4v) is 3.06. The molecule has 0 aromatic heterocycles. The number of anilines is 1. The lowest BCUT2D eigenvalue weighted by atomic mass is 10.0. The molecule has 5 heteroatoms. The zero-order valence-corrected chi connectivity index (χ0v) is 17.9. The topological polar surface area (TPSA) is 58.6 Å². The highest BCUT2D eigenvalue weighted by Gasteiger charge is 2.15. The first kappa shape index (κ1) is 22.5. The molecule has 2 rings (SSSR count). The highest BCUT2D eigenvalue weighted by molar-refractivity contribution is 5.97. The summed E-state index contributed by atoms with van der Waals surface area (Å²) < 4.78 is 5.57. The highest BCUT2D eigenvalue weighted by atomic mass is 16.5. The van der Waals surface area contributed by atoms with Crippen LogP contribution in [0.5, 0.6) is 5.75 Å². The summed E-state index contributed by atoms with van der Waals surface area (Å²) >= 11 is 0. The number of nitrogens with zero attached hydrogens (tertiary/aromatic N) is 1. The molecule has 5 nitrogen and oxygen atoms in total. The third-order valence-electron chi connectivity index (χ3n) is 4.58. The SMILES string of the molecule is CCCN(CCC)C(=O)c1cccc(NC(=O)COc2ccc(C(C)C)cc2)c1. The molecule has 0 radical (unpaired) electrons. The summed E-state index contributed by atoms with van der Waals surface area (Å²) in [6.07, 6.45) is 1.83. The first-order chi connectivity index (χ1) is 13.9. The maximum Gasteiger partial charge on any atom is 0.262 e. The van der Waals surface area contributed by atoms with Gasteiger partial charge < -0.3 is 15.0 Å². The normalized spacial score (nSPS) is 10.7. The quantitative estimate of drug-likeness (QED) is 0.608. The Hall–Kier alpha value is -2.82. The van der Waals surface area contributed by atoms with Crippen LogP contribution < -0.4 is 10.1 Å². The van der Waals surface area contributed by atoms with Gasteiger partial charge in [-0.05, 0) is 54.7 Å². The van der Waals surface area contributed by atoms with Crippen molar-refractivity contribution in [3.63, 3.8) is 0 Å². The number of carbonyl (C=O) groups excluding carboxylic acids is 2. The number of carbonyl (C=O) groups is 2. The van der Waals surface area contributed by atoms with Crippen LogP contribution >= 0.6 is 0 Å². The Labute approximate surface area is 174 Å². The first-order valence-electron chi connectivity index (χ1n) is 10.4. The van der Waals surface area contributed by atoms with Gasteiger partial charge in [0.15, 0.2) is 6.61 Å². The molecule has 0 saturated heterocycles. The fourth-order valence-electron chi connectivity index (χ4n) is 3.06.